The molecule has 7 heteroatoms. The minimum atomic E-state index is -0.602. The van der Waals surface area contributed by atoms with Crippen molar-refractivity contribution in [1.29, 1.82) is 0 Å². The van der Waals surface area contributed by atoms with Gasteiger partial charge in [0.25, 0.3) is 0 Å². The molecule has 0 radical (unpaired) electrons. The molecule has 5 aromatic rings. The van der Waals surface area contributed by atoms with E-state index in [9.17, 15) is 14.7 Å². The van der Waals surface area contributed by atoms with Crippen LogP contribution in [-0.2, 0) is 6.61 Å². The number of hydrogen-bond donors (Lipinski definition) is 1. The highest BCUT2D eigenvalue weighted by Crippen LogP contribution is 2.38. The molecule has 0 saturated carbocycles. The number of hydrogen-bond acceptors (Lipinski definition) is 4. The highest BCUT2D eigenvalue weighted by Gasteiger charge is 2.31. The highest BCUT2D eigenvalue weighted by atomic mass is 16.5. The Labute approximate surface area is 187 Å². The van der Waals surface area contributed by atoms with Crippen LogP contribution in [0.25, 0.3) is 11.2 Å². The maximum Gasteiger partial charge on any atom is 0.301 e. The zero-order valence-corrected chi connectivity index (χ0v) is 17.5. The Bertz CT molecular complexity index is 1580. The highest BCUT2D eigenvalue weighted by molar-refractivity contribution is 5.58. The topological polar surface area (TPSA) is 77.9 Å². The van der Waals surface area contributed by atoms with Gasteiger partial charge in [0.2, 0.25) is 5.43 Å². The van der Waals surface area contributed by atoms with Crippen molar-refractivity contribution in [3.8, 4) is 17.2 Å². The van der Waals surface area contributed by atoms with Crippen LogP contribution in [0.3, 0.4) is 0 Å². The molecule has 1 aliphatic heterocycles. The lowest BCUT2D eigenvalue weighted by Crippen LogP contribution is -2.28. The minimum absolute atomic E-state index is 0.0773. The van der Waals surface area contributed by atoms with Gasteiger partial charge in [-0.2, -0.15) is 4.68 Å². The number of ether oxygens (including phenoxy) is 1. The van der Waals surface area contributed by atoms with Crippen LogP contribution in [0.1, 0.15) is 22.7 Å². The number of aromatic nitrogens is 3. The smallest absolute Gasteiger partial charge is 0.301 e. The van der Waals surface area contributed by atoms with Gasteiger partial charge in [-0.15, -0.1) is 0 Å². The number of aromatic hydroxyl groups is 1. The van der Waals surface area contributed by atoms with Gasteiger partial charge in [0.05, 0.1) is 5.69 Å². The summed E-state index contributed by atoms with van der Waals surface area (Å²) in [4.78, 5) is 27.7. The van der Waals surface area contributed by atoms with Crippen LogP contribution >= 0.6 is 0 Å². The van der Waals surface area contributed by atoms with Crippen molar-refractivity contribution >= 4 is 5.52 Å². The van der Waals surface area contributed by atoms with Crippen molar-refractivity contribution in [2.24, 2.45) is 0 Å². The Morgan fingerprint density at radius 1 is 0.818 bits per heavy atom. The third kappa shape index (κ3) is 2.82. The van der Waals surface area contributed by atoms with Crippen molar-refractivity contribution in [3.63, 3.8) is 0 Å². The maximum absolute atomic E-state index is 13.7. The lowest BCUT2D eigenvalue weighted by Gasteiger charge is -2.24. The summed E-state index contributed by atoms with van der Waals surface area (Å²) < 4.78 is 9.17. The number of para-hydroxylation sites is 2. The first-order valence-electron chi connectivity index (χ1n) is 10.6. The van der Waals surface area contributed by atoms with E-state index in [0.717, 1.165) is 16.7 Å². The zero-order valence-electron chi connectivity index (χ0n) is 17.5. The molecule has 162 valence electrons. The van der Waals surface area contributed by atoms with Gasteiger partial charge in [0.1, 0.15) is 18.4 Å². The SMILES string of the molecule is O=c1ccn2c(c1O)c(=O)n(-c1ccccc1)n2C1c2ccccc2COc2ccccc21. The van der Waals surface area contributed by atoms with Crippen molar-refractivity contribution < 1.29 is 9.84 Å². The van der Waals surface area contributed by atoms with E-state index in [4.69, 9.17) is 4.74 Å². The third-order valence-corrected chi connectivity index (χ3v) is 6.05. The molecule has 7 nitrogen and oxygen atoms in total. The minimum Gasteiger partial charge on any atom is -0.502 e. The van der Waals surface area contributed by atoms with Crippen molar-refractivity contribution in [3.05, 3.63) is 128 Å². The number of pyridine rings is 1. The lowest BCUT2D eigenvalue weighted by molar-refractivity contribution is 0.306. The summed E-state index contributed by atoms with van der Waals surface area (Å²) in [7, 11) is 0. The average Bonchev–Trinajstić information content (AvgIpc) is 3.03. The molecule has 0 bridgehead atoms. The van der Waals surface area contributed by atoms with Gasteiger partial charge in [0.15, 0.2) is 11.3 Å². The molecule has 0 fully saturated rings. The van der Waals surface area contributed by atoms with Crippen molar-refractivity contribution in [2.75, 3.05) is 0 Å². The van der Waals surface area contributed by atoms with Crippen molar-refractivity contribution in [1.82, 2.24) is 14.0 Å². The van der Waals surface area contributed by atoms with E-state index in [2.05, 4.69) is 0 Å². The van der Waals surface area contributed by atoms with Crippen LogP contribution < -0.4 is 15.7 Å². The van der Waals surface area contributed by atoms with Crippen LogP contribution in [0.4, 0.5) is 0 Å². The Morgan fingerprint density at radius 2 is 1.52 bits per heavy atom. The Kier molecular flexibility index (Phi) is 4.23. The Morgan fingerprint density at radius 3 is 2.33 bits per heavy atom. The lowest BCUT2D eigenvalue weighted by atomic mass is 9.95. The number of benzene rings is 3. The molecule has 0 saturated heterocycles. The van der Waals surface area contributed by atoms with E-state index in [-0.39, 0.29) is 5.52 Å². The molecule has 1 unspecified atom stereocenters. The summed E-state index contributed by atoms with van der Waals surface area (Å²) in [5.74, 6) is 0.134. The molecule has 1 N–H and O–H groups in total. The summed E-state index contributed by atoms with van der Waals surface area (Å²) in [6, 6.07) is 25.6. The molecule has 1 aliphatic rings. The van der Waals surface area contributed by atoms with E-state index >= 15 is 0 Å². The van der Waals surface area contributed by atoms with Crippen LogP contribution in [0.5, 0.6) is 11.5 Å². The number of nitrogens with zero attached hydrogens (tertiary/aromatic N) is 3. The molecule has 3 aromatic carbocycles. The van der Waals surface area contributed by atoms with E-state index in [1.807, 2.05) is 78.9 Å². The van der Waals surface area contributed by atoms with Gasteiger partial charge >= 0.3 is 5.56 Å². The molecular weight excluding hydrogens is 418 g/mol. The fraction of sp³-hybridized carbons (Fsp3) is 0.0769. The molecule has 3 heterocycles. The zero-order chi connectivity index (χ0) is 22.5. The average molecular weight is 437 g/mol. The summed E-state index contributed by atoms with van der Waals surface area (Å²) in [6.07, 6.45) is 1.52. The Hall–Kier alpha value is -4.52. The van der Waals surface area contributed by atoms with Crippen LogP contribution in [0.2, 0.25) is 0 Å². The second-order valence-electron chi connectivity index (χ2n) is 7.92. The molecule has 6 rings (SSSR count). The van der Waals surface area contributed by atoms with Gasteiger partial charge in [-0.3, -0.25) is 9.59 Å². The van der Waals surface area contributed by atoms with Crippen LogP contribution in [0.15, 0.2) is 101 Å². The molecule has 0 amide bonds. The molecule has 2 aromatic heterocycles. The van der Waals surface area contributed by atoms with Crippen LogP contribution in [-0.4, -0.2) is 19.1 Å². The number of fused-ring (bicyclic) bond motifs is 3. The summed E-state index contributed by atoms with van der Waals surface area (Å²) >= 11 is 0. The van der Waals surface area contributed by atoms with E-state index < -0.39 is 22.8 Å². The first-order valence-corrected chi connectivity index (χ1v) is 10.6. The summed E-state index contributed by atoms with van der Waals surface area (Å²) in [5, 5.41) is 10.6. The largest absolute Gasteiger partial charge is 0.502 e. The second-order valence-corrected chi connectivity index (χ2v) is 7.92. The first kappa shape index (κ1) is 19.2. The summed E-state index contributed by atoms with van der Waals surface area (Å²) in [6.45, 7) is 0.388. The van der Waals surface area contributed by atoms with E-state index in [1.165, 1.54) is 16.9 Å². The fourth-order valence-corrected chi connectivity index (χ4v) is 4.56. The van der Waals surface area contributed by atoms with Crippen LogP contribution in [0, 0.1) is 0 Å². The van der Waals surface area contributed by atoms with Gasteiger partial charge in [-0.05, 0) is 29.3 Å². The Balaban J connectivity index is 1.81. The summed E-state index contributed by atoms with van der Waals surface area (Å²) in [5.41, 5.74) is 2.25. The standard InChI is InChI=1S/C26H19N3O4/c30-21-14-15-27-24(25(21)31)26(32)28(18-9-2-1-3-10-18)29(27)23-19-11-5-4-8-17(19)16-33-22-13-7-6-12-20(22)23/h1-15,23,31H,16H2. The van der Waals surface area contributed by atoms with E-state index in [1.54, 1.807) is 9.31 Å². The molecule has 1 atom stereocenters. The van der Waals surface area contributed by atoms with E-state index in [0.29, 0.717) is 18.0 Å². The number of rotatable bonds is 2. The predicted octanol–water partition coefficient (Wildman–Crippen LogP) is 3.49. The fourth-order valence-electron chi connectivity index (χ4n) is 4.56. The first-order chi connectivity index (χ1) is 16.1. The van der Waals surface area contributed by atoms with Gasteiger partial charge < -0.3 is 9.84 Å². The molecular formula is C26H19N3O4. The normalized spacial score (nSPS) is 14.8. The maximum atomic E-state index is 13.7. The van der Waals surface area contributed by atoms with Gasteiger partial charge in [0, 0.05) is 17.8 Å². The quantitative estimate of drug-likeness (QED) is 0.459. The molecule has 0 spiro atoms. The van der Waals surface area contributed by atoms with Crippen molar-refractivity contribution in [2.45, 2.75) is 12.6 Å². The van der Waals surface area contributed by atoms with Gasteiger partial charge in [-0.1, -0.05) is 60.7 Å². The predicted molar refractivity (Wildman–Crippen MR) is 123 cm³/mol. The van der Waals surface area contributed by atoms with Gasteiger partial charge in [-0.25, -0.2) is 9.31 Å². The molecule has 0 aliphatic carbocycles. The molecule has 33 heavy (non-hydrogen) atoms. The second kappa shape index (κ2) is 7.27. The third-order valence-electron chi connectivity index (χ3n) is 6.05. The monoisotopic (exact) mass is 437 g/mol.